The molecule has 0 saturated heterocycles. The summed E-state index contributed by atoms with van der Waals surface area (Å²) in [6.07, 6.45) is 0.701. The fourth-order valence-electron chi connectivity index (χ4n) is 4.26. The Morgan fingerprint density at radius 2 is 1.17 bits per heavy atom. The molecule has 248 valence electrons. The lowest BCUT2D eigenvalue weighted by molar-refractivity contribution is -0.120. The summed E-state index contributed by atoms with van der Waals surface area (Å²) in [5, 5.41) is 25.6. The van der Waals surface area contributed by atoms with Crippen LogP contribution in [0.1, 0.15) is 12.8 Å². The van der Waals surface area contributed by atoms with E-state index in [0.717, 1.165) is 11.1 Å². The van der Waals surface area contributed by atoms with E-state index in [0.29, 0.717) is 90.0 Å². The second-order valence-corrected chi connectivity index (χ2v) is 10.2. The maximum atomic E-state index is 12.7. The molecular weight excluding hydrogens is 600 g/mol. The summed E-state index contributed by atoms with van der Waals surface area (Å²) in [7, 11) is 0. The Bertz CT molecular complexity index is 1350. The molecule has 0 aliphatic carbocycles. The number of carbonyl (C=O) groups is 2. The van der Waals surface area contributed by atoms with Gasteiger partial charge in [-0.1, -0.05) is 60.7 Å². The predicted octanol–water partition coefficient (Wildman–Crippen LogP) is 2.63. The number of aromatic nitrogens is 2. The van der Waals surface area contributed by atoms with Gasteiger partial charge in [-0.15, -0.1) is 0 Å². The zero-order chi connectivity index (χ0) is 33.4. The number of rotatable bonds is 23. The maximum absolute atomic E-state index is 12.7. The van der Waals surface area contributed by atoms with Gasteiger partial charge in [0.05, 0.1) is 89.1 Å². The Hall–Kier alpha value is -4.76. The summed E-state index contributed by atoms with van der Waals surface area (Å²) >= 11 is 0. The van der Waals surface area contributed by atoms with Crippen LogP contribution in [0.15, 0.2) is 66.7 Å². The third-order valence-electron chi connectivity index (χ3n) is 6.63. The predicted molar refractivity (Wildman–Crippen MR) is 177 cm³/mol. The standard InChI is InChI=1S/C34H42N8O5/c35-13-7-19-45-22-16-42(17-23-46-20-8-14-36)18-24-47-21-15-38-32(43)26-37-27-33(44)41-34-39-30(28-9-3-1-4-10-28)25-31(40-34)29-11-5-2-6-12-29/h1-6,9-12,25,37H,7-8,15-24,26-27H2,(H,38,43)(H,39,40,41,44). The highest BCUT2D eigenvalue weighted by atomic mass is 16.5. The molecule has 0 fully saturated rings. The number of nitriles is 2. The maximum Gasteiger partial charge on any atom is 0.240 e. The Kier molecular flexibility index (Phi) is 17.7. The number of ether oxygens (including phenoxy) is 3. The van der Waals surface area contributed by atoms with Crippen molar-refractivity contribution >= 4 is 17.8 Å². The molecule has 13 heteroatoms. The molecule has 0 radical (unpaired) electrons. The first-order valence-corrected chi connectivity index (χ1v) is 15.6. The number of benzene rings is 2. The molecule has 0 saturated carbocycles. The van der Waals surface area contributed by atoms with E-state index < -0.39 is 0 Å². The van der Waals surface area contributed by atoms with Crippen molar-refractivity contribution in [3.05, 3.63) is 66.7 Å². The number of hydrogen-bond donors (Lipinski definition) is 3. The van der Waals surface area contributed by atoms with Crippen molar-refractivity contribution in [1.29, 1.82) is 10.5 Å². The minimum absolute atomic E-state index is 0.0427. The summed E-state index contributed by atoms with van der Waals surface area (Å²) in [6.45, 7) is 4.68. The summed E-state index contributed by atoms with van der Waals surface area (Å²) in [6, 6.07) is 25.3. The van der Waals surface area contributed by atoms with E-state index in [1.54, 1.807) is 0 Å². The second-order valence-electron chi connectivity index (χ2n) is 10.2. The molecule has 1 aromatic heterocycles. The zero-order valence-electron chi connectivity index (χ0n) is 26.5. The molecule has 0 unspecified atom stereocenters. The number of hydrogen-bond acceptors (Lipinski definition) is 11. The van der Waals surface area contributed by atoms with Crippen molar-refractivity contribution in [2.24, 2.45) is 0 Å². The first-order chi connectivity index (χ1) is 23.1. The average Bonchev–Trinajstić information content (AvgIpc) is 3.09. The van der Waals surface area contributed by atoms with E-state index >= 15 is 0 Å². The quantitative estimate of drug-likeness (QED) is 0.130. The Balaban J connectivity index is 1.34. The first-order valence-electron chi connectivity index (χ1n) is 15.6. The van der Waals surface area contributed by atoms with E-state index in [1.165, 1.54) is 0 Å². The third-order valence-corrected chi connectivity index (χ3v) is 6.63. The molecule has 0 spiro atoms. The molecule has 0 atom stereocenters. The average molecular weight is 643 g/mol. The molecule has 0 bridgehead atoms. The van der Waals surface area contributed by atoms with Gasteiger partial charge in [-0.3, -0.25) is 25.1 Å². The molecular formula is C34H42N8O5. The van der Waals surface area contributed by atoms with Gasteiger partial charge in [0.15, 0.2) is 0 Å². The molecule has 47 heavy (non-hydrogen) atoms. The SMILES string of the molecule is N#CCCOCCN(CCOCCC#N)CCOCCNC(=O)CNCC(=O)Nc1nc(-c2ccccc2)cc(-c2ccccc2)n1. The monoisotopic (exact) mass is 642 g/mol. The van der Waals surface area contributed by atoms with Crippen LogP contribution in [0.2, 0.25) is 0 Å². The number of anilines is 1. The lowest BCUT2D eigenvalue weighted by Gasteiger charge is -2.22. The van der Waals surface area contributed by atoms with Crippen LogP contribution in [0.25, 0.3) is 22.5 Å². The second kappa shape index (κ2) is 22.7. The fraction of sp³-hybridized carbons (Fsp3) is 0.412. The molecule has 0 aliphatic rings. The summed E-state index contributed by atoms with van der Waals surface area (Å²) in [4.78, 5) is 36.1. The molecule has 2 aromatic carbocycles. The molecule has 2 amide bonds. The van der Waals surface area contributed by atoms with Crippen molar-refractivity contribution in [2.75, 3.05) is 84.2 Å². The first kappa shape index (κ1) is 36.7. The van der Waals surface area contributed by atoms with Crippen LogP contribution in [-0.4, -0.2) is 106 Å². The highest BCUT2D eigenvalue weighted by Crippen LogP contribution is 2.25. The minimum Gasteiger partial charge on any atom is -0.379 e. The highest BCUT2D eigenvalue weighted by molar-refractivity contribution is 5.91. The molecule has 3 aromatic rings. The van der Waals surface area contributed by atoms with Crippen LogP contribution >= 0.6 is 0 Å². The topological polar surface area (TPSA) is 175 Å². The van der Waals surface area contributed by atoms with Gasteiger partial charge in [-0.05, 0) is 6.07 Å². The van der Waals surface area contributed by atoms with E-state index in [1.807, 2.05) is 78.9 Å². The van der Waals surface area contributed by atoms with Gasteiger partial charge in [0, 0.05) is 37.3 Å². The van der Waals surface area contributed by atoms with E-state index in [-0.39, 0.29) is 30.9 Å². The number of amides is 2. The lowest BCUT2D eigenvalue weighted by Crippen LogP contribution is -2.39. The molecule has 13 nitrogen and oxygen atoms in total. The van der Waals surface area contributed by atoms with Gasteiger partial charge in [-0.2, -0.15) is 10.5 Å². The van der Waals surface area contributed by atoms with Crippen LogP contribution in [0.5, 0.6) is 0 Å². The van der Waals surface area contributed by atoms with Gasteiger partial charge in [0.25, 0.3) is 0 Å². The van der Waals surface area contributed by atoms with Crippen LogP contribution in [-0.2, 0) is 23.8 Å². The van der Waals surface area contributed by atoms with E-state index in [2.05, 4.69) is 30.8 Å². The van der Waals surface area contributed by atoms with Gasteiger partial charge >= 0.3 is 0 Å². The zero-order valence-corrected chi connectivity index (χ0v) is 26.5. The highest BCUT2D eigenvalue weighted by Gasteiger charge is 2.12. The van der Waals surface area contributed by atoms with Crippen molar-refractivity contribution < 1.29 is 23.8 Å². The van der Waals surface area contributed by atoms with E-state index in [9.17, 15) is 9.59 Å². The number of nitrogens with one attached hydrogen (secondary N) is 3. The minimum atomic E-state index is -0.374. The summed E-state index contributed by atoms with van der Waals surface area (Å²) in [5.41, 5.74) is 3.15. The van der Waals surface area contributed by atoms with Crippen LogP contribution in [0.4, 0.5) is 5.95 Å². The third kappa shape index (κ3) is 15.4. The summed E-state index contributed by atoms with van der Waals surface area (Å²) in [5.74, 6) is -0.461. The van der Waals surface area contributed by atoms with Gasteiger partial charge < -0.3 is 19.5 Å². The van der Waals surface area contributed by atoms with Crippen LogP contribution in [0, 0.1) is 22.7 Å². The summed E-state index contributed by atoms with van der Waals surface area (Å²) < 4.78 is 16.6. The van der Waals surface area contributed by atoms with Crippen molar-refractivity contribution in [3.8, 4) is 34.7 Å². The van der Waals surface area contributed by atoms with Gasteiger partial charge in [0.1, 0.15) is 0 Å². The molecule has 3 rings (SSSR count). The van der Waals surface area contributed by atoms with Crippen LogP contribution in [0.3, 0.4) is 0 Å². The van der Waals surface area contributed by atoms with Crippen LogP contribution < -0.4 is 16.0 Å². The number of carbonyl (C=O) groups excluding carboxylic acids is 2. The lowest BCUT2D eigenvalue weighted by atomic mass is 10.1. The Morgan fingerprint density at radius 3 is 1.68 bits per heavy atom. The van der Waals surface area contributed by atoms with Crippen molar-refractivity contribution in [1.82, 2.24) is 25.5 Å². The van der Waals surface area contributed by atoms with E-state index in [4.69, 9.17) is 24.7 Å². The molecule has 1 heterocycles. The van der Waals surface area contributed by atoms with Crippen molar-refractivity contribution in [2.45, 2.75) is 12.8 Å². The van der Waals surface area contributed by atoms with Gasteiger partial charge in [0.2, 0.25) is 17.8 Å². The molecule has 3 N–H and O–H groups in total. The van der Waals surface area contributed by atoms with Gasteiger partial charge in [-0.25, -0.2) is 9.97 Å². The largest absolute Gasteiger partial charge is 0.379 e. The molecule has 0 aliphatic heterocycles. The fourth-order valence-corrected chi connectivity index (χ4v) is 4.26. The smallest absolute Gasteiger partial charge is 0.240 e. The van der Waals surface area contributed by atoms with Crippen molar-refractivity contribution in [3.63, 3.8) is 0 Å². The Labute approximate surface area is 275 Å². The Morgan fingerprint density at radius 1 is 0.681 bits per heavy atom. The normalized spacial score (nSPS) is 10.7. The number of nitrogens with zero attached hydrogens (tertiary/aromatic N) is 5.